The van der Waals surface area contributed by atoms with Crippen LogP contribution in [-0.4, -0.2) is 67.6 Å². The number of carbonyl (C=O) groups excluding carboxylic acids is 2. The molecule has 0 radical (unpaired) electrons. The summed E-state index contributed by atoms with van der Waals surface area (Å²) in [6, 6.07) is 6.42. The van der Waals surface area contributed by atoms with Crippen molar-refractivity contribution in [2.75, 3.05) is 45.9 Å². The smallest absolute Gasteiger partial charge is 0.234 e. The summed E-state index contributed by atoms with van der Waals surface area (Å²) in [5.74, 6) is -0.347. The van der Waals surface area contributed by atoms with E-state index in [-0.39, 0.29) is 36.6 Å². The summed E-state index contributed by atoms with van der Waals surface area (Å²) in [6.07, 6.45) is 1.77. The third-order valence-electron chi connectivity index (χ3n) is 4.98. The molecule has 6 nitrogen and oxygen atoms in total. The predicted molar refractivity (Wildman–Crippen MR) is 94.8 cm³/mol. The van der Waals surface area contributed by atoms with Crippen molar-refractivity contribution in [1.82, 2.24) is 15.1 Å². The van der Waals surface area contributed by atoms with Gasteiger partial charge in [0.15, 0.2) is 0 Å². The van der Waals surface area contributed by atoms with Gasteiger partial charge in [-0.25, -0.2) is 4.39 Å². The van der Waals surface area contributed by atoms with Crippen LogP contribution in [0.2, 0.25) is 0 Å². The Kier molecular flexibility index (Phi) is 6.57. The Morgan fingerprint density at radius 3 is 2.73 bits per heavy atom. The van der Waals surface area contributed by atoms with E-state index < -0.39 is 0 Å². The van der Waals surface area contributed by atoms with Gasteiger partial charge in [-0.15, -0.1) is 0 Å². The number of halogens is 1. The summed E-state index contributed by atoms with van der Waals surface area (Å²) in [5, 5.41) is 2.76. The van der Waals surface area contributed by atoms with Crippen molar-refractivity contribution in [3.05, 3.63) is 35.6 Å². The lowest BCUT2D eigenvalue weighted by Gasteiger charge is -2.35. The topological polar surface area (TPSA) is 61.9 Å². The Labute approximate surface area is 153 Å². The van der Waals surface area contributed by atoms with Gasteiger partial charge < -0.3 is 15.0 Å². The zero-order valence-electron chi connectivity index (χ0n) is 15.0. The van der Waals surface area contributed by atoms with Crippen LogP contribution in [0.15, 0.2) is 24.3 Å². The standard InChI is InChI=1S/C19H26FN3O3/c20-17-6-2-1-4-15(17)12-21-18(24)14-22-7-3-5-16(13-22)19(25)23-8-10-26-11-9-23/h1-2,4,6,16H,3,5,7-14H2,(H,21,24). The summed E-state index contributed by atoms with van der Waals surface area (Å²) >= 11 is 0. The van der Waals surface area contributed by atoms with E-state index in [2.05, 4.69) is 5.32 Å². The molecule has 7 heteroatoms. The summed E-state index contributed by atoms with van der Waals surface area (Å²) < 4.78 is 18.9. The fourth-order valence-corrected chi connectivity index (χ4v) is 3.54. The number of piperidine rings is 1. The van der Waals surface area contributed by atoms with E-state index in [0.29, 0.717) is 38.4 Å². The van der Waals surface area contributed by atoms with Gasteiger partial charge in [-0.3, -0.25) is 14.5 Å². The van der Waals surface area contributed by atoms with Gasteiger partial charge in [-0.1, -0.05) is 18.2 Å². The first kappa shape index (κ1) is 18.8. The fourth-order valence-electron chi connectivity index (χ4n) is 3.54. The first-order valence-corrected chi connectivity index (χ1v) is 9.22. The number of nitrogens with zero attached hydrogens (tertiary/aromatic N) is 2. The number of rotatable bonds is 5. The van der Waals surface area contributed by atoms with Gasteiger partial charge in [0.05, 0.1) is 25.7 Å². The highest BCUT2D eigenvalue weighted by Gasteiger charge is 2.30. The minimum atomic E-state index is -0.318. The zero-order valence-corrected chi connectivity index (χ0v) is 15.0. The van der Waals surface area contributed by atoms with Gasteiger partial charge in [0.1, 0.15) is 5.82 Å². The van der Waals surface area contributed by atoms with Crippen molar-refractivity contribution >= 4 is 11.8 Å². The molecule has 0 saturated carbocycles. The van der Waals surface area contributed by atoms with Gasteiger partial charge in [0, 0.05) is 31.7 Å². The van der Waals surface area contributed by atoms with Crippen molar-refractivity contribution < 1.29 is 18.7 Å². The Morgan fingerprint density at radius 1 is 1.19 bits per heavy atom. The van der Waals surface area contributed by atoms with Gasteiger partial charge in [-0.2, -0.15) is 0 Å². The Morgan fingerprint density at radius 2 is 1.96 bits per heavy atom. The van der Waals surface area contributed by atoms with E-state index in [1.165, 1.54) is 6.07 Å². The maximum atomic E-state index is 13.6. The molecule has 2 saturated heterocycles. The van der Waals surface area contributed by atoms with Crippen LogP contribution in [0, 0.1) is 11.7 Å². The quantitative estimate of drug-likeness (QED) is 0.848. The van der Waals surface area contributed by atoms with E-state index in [9.17, 15) is 14.0 Å². The second-order valence-corrected chi connectivity index (χ2v) is 6.88. The molecule has 0 aromatic heterocycles. The Balaban J connectivity index is 1.46. The number of morpholine rings is 1. The second kappa shape index (κ2) is 9.09. The van der Waals surface area contributed by atoms with E-state index in [1.807, 2.05) is 9.80 Å². The molecule has 1 atom stereocenters. The second-order valence-electron chi connectivity index (χ2n) is 6.88. The molecule has 2 aliphatic rings. The van der Waals surface area contributed by atoms with E-state index in [4.69, 9.17) is 4.74 Å². The number of hydrogen-bond donors (Lipinski definition) is 1. The Bertz CT molecular complexity index is 634. The Hall–Kier alpha value is -1.99. The molecule has 26 heavy (non-hydrogen) atoms. The monoisotopic (exact) mass is 363 g/mol. The van der Waals surface area contributed by atoms with Gasteiger partial charge in [0.25, 0.3) is 0 Å². The largest absolute Gasteiger partial charge is 0.378 e. The molecule has 2 fully saturated rings. The lowest BCUT2D eigenvalue weighted by molar-refractivity contribution is -0.142. The van der Waals surface area contributed by atoms with E-state index >= 15 is 0 Å². The average molecular weight is 363 g/mol. The maximum absolute atomic E-state index is 13.6. The van der Waals surface area contributed by atoms with Crippen LogP contribution in [0.25, 0.3) is 0 Å². The molecule has 0 bridgehead atoms. The van der Waals surface area contributed by atoms with Crippen LogP contribution in [0.3, 0.4) is 0 Å². The third kappa shape index (κ3) is 5.02. The van der Waals surface area contributed by atoms with Crippen molar-refractivity contribution in [3.8, 4) is 0 Å². The lowest BCUT2D eigenvalue weighted by atomic mass is 9.96. The molecule has 1 unspecified atom stereocenters. The van der Waals surface area contributed by atoms with Crippen LogP contribution in [0.1, 0.15) is 18.4 Å². The summed E-state index contributed by atoms with van der Waals surface area (Å²) in [5.41, 5.74) is 0.472. The molecule has 1 aromatic rings. The SMILES string of the molecule is O=C(CN1CCCC(C(=O)N2CCOCC2)C1)NCc1ccccc1F. The predicted octanol–water partition coefficient (Wildman–Crippen LogP) is 1.01. The normalized spacial score (nSPS) is 21.4. The molecule has 0 aliphatic carbocycles. The number of carbonyl (C=O) groups is 2. The maximum Gasteiger partial charge on any atom is 0.234 e. The van der Waals surface area contributed by atoms with Crippen LogP contribution in [-0.2, 0) is 20.9 Å². The van der Waals surface area contributed by atoms with Gasteiger partial charge in [-0.05, 0) is 25.5 Å². The van der Waals surface area contributed by atoms with Gasteiger partial charge >= 0.3 is 0 Å². The lowest BCUT2D eigenvalue weighted by Crippen LogP contribution is -2.49. The summed E-state index contributed by atoms with van der Waals surface area (Å²) in [6.45, 7) is 4.32. The number of ether oxygens (including phenoxy) is 1. The molecule has 0 spiro atoms. The first-order chi connectivity index (χ1) is 12.6. The highest BCUT2D eigenvalue weighted by molar-refractivity contribution is 5.80. The fraction of sp³-hybridized carbons (Fsp3) is 0.579. The minimum Gasteiger partial charge on any atom is -0.378 e. The summed E-state index contributed by atoms with van der Waals surface area (Å²) in [7, 11) is 0. The summed E-state index contributed by atoms with van der Waals surface area (Å²) in [4.78, 5) is 28.7. The van der Waals surface area contributed by atoms with Crippen LogP contribution >= 0.6 is 0 Å². The highest BCUT2D eigenvalue weighted by atomic mass is 19.1. The molecule has 2 heterocycles. The number of nitrogens with one attached hydrogen (secondary N) is 1. The number of amides is 2. The minimum absolute atomic E-state index is 0.0544. The van der Waals surface area contributed by atoms with Crippen LogP contribution < -0.4 is 5.32 Å². The molecular formula is C19H26FN3O3. The first-order valence-electron chi connectivity index (χ1n) is 9.22. The number of likely N-dealkylation sites (tertiary alicyclic amines) is 1. The van der Waals surface area contributed by atoms with Crippen molar-refractivity contribution in [3.63, 3.8) is 0 Å². The molecule has 1 N–H and O–H groups in total. The van der Waals surface area contributed by atoms with E-state index in [0.717, 1.165) is 19.4 Å². The third-order valence-corrected chi connectivity index (χ3v) is 4.98. The van der Waals surface area contributed by atoms with Crippen molar-refractivity contribution in [2.45, 2.75) is 19.4 Å². The van der Waals surface area contributed by atoms with Crippen LogP contribution in [0.4, 0.5) is 4.39 Å². The average Bonchev–Trinajstić information content (AvgIpc) is 2.68. The molecule has 1 aromatic carbocycles. The van der Waals surface area contributed by atoms with Crippen molar-refractivity contribution in [1.29, 1.82) is 0 Å². The molecule has 142 valence electrons. The molecule has 2 aliphatic heterocycles. The van der Waals surface area contributed by atoms with Crippen molar-refractivity contribution in [2.24, 2.45) is 5.92 Å². The van der Waals surface area contributed by atoms with Gasteiger partial charge in [0.2, 0.25) is 11.8 Å². The van der Waals surface area contributed by atoms with Crippen LogP contribution in [0.5, 0.6) is 0 Å². The molecule has 3 rings (SSSR count). The molecule has 2 amide bonds. The number of benzene rings is 1. The zero-order chi connectivity index (χ0) is 18.4. The number of hydrogen-bond acceptors (Lipinski definition) is 4. The van der Waals surface area contributed by atoms with E-state index in [1.54, 1.807) is 18.2 Å². The molecular weight excluding hydrogens is 337 g/mol. The highest BCUT2D eigenvalue weighted by Crippen LogP contribution is 2.19.